The molecule has 0 radical (unpaired) electrons. The van der Waals surface area contributed by atoms with Crippen LogP contribution in [0.15, 0.2) is 41.2 Å². The van der Waals surface area contributed by atoms with Crippen LogP contribution in [0.5, 0.6) is 0 Å². The minimum absolute atomic E-state index is 0.512. The van der Waals surface area contributed by atoms with Gasteiger partial charge in [-0.3, -0.25) is 4.79 Å². The maximum atomic E-state index is 12.4. The van der Waals surface area contributed by atoms with Crippen molar-refractivity contribution in [2.75, 3.05) is 11.4 Å². The highest BCUT2D eigenvalue weighted by Crippen LogP contribution is 2.32. The highest BCUT2D eigenvalue weighted by molar-refractivity contribution is 5.67. The normalized spacial score (nSPS) is 13.8. The molecular weight excluding hydrogens is 264 g/mol. The molecule has 1 aromatic carbocycles. The van der Waals surface area contributed by atoms with Crippen LogP contribution in [0, 0.1) is 0 Å². The standard InChI is InChI=1S/C14H13F2N3O/c15-12(16)9-19-14(20)6-5-13(17-19)18-8-7-10-3-1-2-4-11(10)18/h1-6,12H,7-9H2. The molecule has 0 aliphatic carbocycles. The minimum atomic E-state index is -2.60. The Morgan fingerprint density at radius 1 is 1.20 bits per heavy atom. The molecule has 3 rings (SSSR count). The van der Waals surface area contributed by atoms with E-state index in [1.54, 1.807) is 6.07 Å². The van der Waals surface area contributed by atoms with Gasteiger partial charge in [0.15, 0.2) is 5.82 Å². The fourth-order valence-electron chi connectivity index (χ4n) is 2.42. The lowest BCUT2D eigenvalue weighted by atomic mass is 10.2. The molecule has 20 heavy (non-hydrogen) atoms. The molecular formula is C14H13F2N3O. The van der Waals surface area contributed by atoms with E-state index in [4.69, 9.17) is 0 Å². The summed E-state index contributed by atoms with van der Waals surface area (Å²) >= 11 is 0. The predicted octanol–water partition coefficient (Wildman–Crippen LogP) is 2.20. The third kappa shape index (κ3) is 2.29. The number of halogens is 2. The average Bonchev–Trinajstić information content (AvgIpc) is 2.85. The van der Waals surface area contributed by atoms with Crippen LogP contribution in [0.1, 0.15) is 5.56 Å². The molecule has 1 aliphatic rings. The third-order valence-corrected chi connectivity index (χ3v) is 3.33. The first-order chi connectivity index (χ1) is 9.65. The Morgan fingerprint density at radius 3 is 2.80 bits per heavy atom. The van der Waals surface area contributed by atoms with Gasteiger partial charge in [0.05, 0.1) is 0 Å². The fourth-order valence-corrected chi connectivity index (χ4v) is 2.42. The van der Waals surface area contributed by atoms with E-state index in [2.05, 4.69) is 5.10 Å². The predicted molar refractivity (Wildman–Crippen MR) is 71.7 cm³/mol. The molecule has 1 aliphatic heterocycles. The van der Waals surface area contributed by atoms with Gasteiger partial charge in [0.1, 0.15) is 6.54 Å². The van der Waals surface area contributed by atoms with Crippen molar-refractivity contribution in [1.29, 1.82) is 0 Å². The molecule has 0 spiro atoms. The lowest BCUT2D eigenvalue weighted by Crippen LogP contribution is -2.27. The summed E-state index contributed by atoms with van der Waals surface area (Å²) in [5.41, 5.74) is 1.70. The van der Waals surface area contributed by atoms with E-state index in [0.29, 0.717) is 5.82 Å². The zero-order valence-corrected chi connectivity index (χ0v) is 10.7. The summed E-state index contributed by atoms with van der Waals surface area (Å²) in [5, 5.41) is 4.04. The second-order valence-electron chi connectivity index (χ2n) is 4.63. The van der Waals surface area contributed by atoms with Crippen LogP contribution in [0.3, 0.4) is 0 Å². The van der Waals surface area contributed by atoms with Gasteiger partial charge in [0, 0.05) is 18.3 Å². The number of nitrogens with zero attached hydrogens (tertiary/aromatic N) is 3. The number of aromatic nitrogens is 2. The van der Waals surface area contributed by atoms with Gasteiger partial charge in [-0.2, -0.15) is 5.10 Å². The summed E-state index contributed by atoms with van der Waals surface area (Å²) in [6.45, 7) is 0.0569. The molecule has 0 fully saturated rings. The summed E-state index contributed by atoms with van der Waals surface area (Å²) in [4.78, 5) is 13.5. The zero-order valence-electron chi connectivity index (χ0n) is 10.7. The number of hydrogen-bond acceptors (Lipinski definition) is 3. The smallest absolute Gasteiger partial charge is 0.267 e. The van der Waals surface area contributed by atoms with Crippen molar-refractivity contribution in [3.05, 3.63) is 52.3 Å². The molecule has 0 saturated heterocycles. The second kappa shape index (κ2) is 5.03. The zero-order chi connectivity index (χ0) is 14.1. The van der Waals surface area contributed by atoms with Crippen molar-refractivity contribution < 1.29 is 8.78 Å². The summed E-state index contributed by atoms with van der Waals surface area (Å²) < 4.78 is 25.7. The van der Waals surface area contributed by atoms with Gasteiger partial charge in [-0.1, -0.05) is 18.2 Å². The maximum Gasteiger partial charge on any atom is 0.267 e. The molecule has 1 aromatic heterocycles. The average molecular weight is 277 g/mol. The van der Waals surface area contributed by atoms with Crippen LogP contribution in [0.25, 0.3) is 0 Å². The molecule has 104 valence electrons. The van der Waals surface area contributed by atoms with Gasteiger partial charge in [0.2, 0.25) is 0 Å². The first-order valence-electron chi connectivity index (χ1n) is 6.37. The van der Waals surface area contributed by atoms with Crippen LogP contribution in [-0.2, 0) is 13.0 Å². The number of benzene rings is 1. The molecule has 0 saturated carbocycles. The molecule has 0 amide bonds. The monoisotopic (exact) mass is 277 g/mol. The van der Waals surface area contributed by atoms with Crippen LogP contribution in [0.4, 0.5) is 20.3 Å². The highest BCUT2D eigenvalue weighted by atomic mass is 19.3. The topological polar surface area (TPSA) is 38.1 Å². The summed E-state index contributed by atoms with van der Waals surface area (Å²) in [6.07, 6.45) is -1.72. The summed E-state index contributed by atoms with van der Waals surface area (Å²) in [6, 6.07) is 10.7. The first-order valence-corrected chi connectivity index (χ1v) is 6.37. The number of anilines is 2. The summed E-state index contributed by atoms with van der Waals surface area (Å²) in [7, 11) is 0. The molecule has 6 heteroatoms. The van der Waals surface area contributed by atoms with Crippen molar-refractivity contribution in [2.24, 2.45) is 0 Å². The van der Waals surface area contributed by atoms with Gasteiger partial charge < -0.3 is 4.90 Å². The molecule has 0 atom stereocenters. The number of hydrogen-bond donors (Lipinski definition) is 0. The van der Waals surface area contributed by atoms with E-state index < -0.39 is 18.5 Å². The van der Waals surface area contributed by atoms with E-state index >= 15 is 0 Å². The minimum Gasteiger partial charge on any atom is -0.324 e. The van der Waals surface area contributed by atoms with Gasteiger partial charge in [-0.25, -0.2) is 13.5 Å². The van der Waals surface area contributed by atoms with Crippen molar-refractivity contribution >= 4 is 11.5 Å². The van der Waals surface area contributed by atoms with Crippen LogP contribution < -0.4 is 10.5 Å². The Morgan fingerprint density at radius 2 is 2.00 bits per heavy atom. The number of para-hydroxylation sites is 1. The summed E-state index contributed by atoms with van der Waals surface area (Å²) in [5.74, 6) is 0.523. The van der Waals surface area contributed by atoms with Crippen LogP contribution in [-0.4, -0.2) is 22.8 Å². The van der Waals surface area contributed by atoms with Crippen LogP contribution in [0.2, 0.25) is 0 Å². The van der Waals surface area contributed by atoms with E-state index in [1.807, 2.05) is 29.2 Å². The Kier molecular flexibility index (Phi) is 3.22. The quantitative estimate of drug-likeness (QED) is 0.863. The Balaban J connectivity index is 1.98. The van der Waals surface area contributed by atoms with E-state index in [0.717, 1.165) is 23.3 Å². The van der Waals surface area contributed by atoms with Crippen molar-refractivity contribution in [3.8, 4) is 0 Å². The first kappa shape index (κ1) is 12.8. The van der Waals surface area contributed by atoms with Gasteiger partial charge in [-0.05, 0) is 24.1 Å². The van der Waals surface area contributed by atoms with Gasteiger partial charge in [-0.15, -0.1) is 0 Å². The van der Waals surface area contributed by atoms with E-state index in [-0.39, 0.29) is 0 Å². The maximum absolute atomic E-state index is 12.4. The van der Waals surface area contributed by atoms with E-state index in [9.17, 15) is 13.6 Å². The Hall–Kier alpha value is -2.24. The Bertz CT molecular complexity index is 684. The van der Waals surface area contributed by atoms with E-state index in [1.165, 1.54) is 11.6 Å². The Labute approximate surface area is 114 Å². The van der Waals surface area contributed by atoms with Crippen LogP contribution >= 0.6 is 0 Å². The molecule has 0 N–H and O–H groups in total. The lowest BCUT2D eigenvalue weighted by Gasteiger charge is -2.18. The molecule has 0 unspecified atom stereocenters. The van der Waals surface area contributed by atoms with Crippen molar-refractivity contribution in [3.63, 3.8) is 0 Å². The molecule has 2 aromatic rings. The fraction of sp³-hybridized carbons (Fsp3) is 0.286. The third-order valence-electron chi connectivity index (χ3n) is 3.33. The molecule has 0 bridgehead atoms. The number of rotatable bonds is 3. The van der Waals surface area contributed by atoms with Crippen molar-refractivity contribution in [2.45, 2.75) is 19.4 Å². The highest BCUT2D eigenvalue weighted by Gasteiger charge is 2.21. The second-order valence-corrected chi connectivity index (χ2v) is 4.63. The largest absolute Gasteiger partial charge is 0.324 e. The lowest BCUT2D eigenvalue weighted by molar-refractivity contribution is 0.120. The van der Waals surface area contributed by atoms with Gasteiger partial charge in [0.25, 0.3) is 12.0 Å². The number of alkyl halides is 2. The molecule has 2 heterocycles. The SMILES string of the molecule is O=c1ccc(N2CCc3ccccc32)nn1CC(F)F. The number of fused-ring (bicyclic) bond motifs is 1. The molecule has 4 nitrogen and oxygen atoms in total. The van der Waals surface area contributed by atoms with Gasteiger partial charge >= 0.3 is 0 Å². The van der Waals surface area contributed by atoms with Crippen molar-refractivity contribution in [1.82, 2.24) is 9.78 Å².